The molecule has 10 heteroatoms. The Morgan fingerprint density at radius 1 is 1.38 bits per heavy atom. The van der Waals surface area contributed by atoms with Gasteiger partial charge in [-0.15, -0.1) is 13.2 Å². The number of carbonyl (C=O) groups excluding carboxylic acids is 1. The van der Waals surface area contributed by atoms with Gasteiger partial charge in [0.2, 0.25) is 0 Å². The third-order valence-electron chi connectivity index (χ3n) is 2.15. The van der Waals surface area contributed by atoms with Crippen molar-refractivity contribution >= 4 is 5.97 Å². The SMILES string of the molecule is CCOC(=O)Cc1ncc(F)c(C(F)F)c1OC(F)(F)F. The lowest BCUT2D eigenvalue weighted by Gasteiger charge is -2.16. The van der Waals surface area contributed by atoms with Gasteiger partial charge in [0.1, 0.15) is 0 Å². The number of hydrogen-bond acceptors (Lipinski definition) is 4. The number of carbonyl (C=O) groups is 1. The van der Waals surface area contributed by atoms with Crippen LogP contribution >= 0.6 is 0 Å². The van der Waals surface area contributed by atoms with Crippen LogP contribution in [0.3, 0.4) is 0 Å². The highest BCUT2D eigenvalue weighted by molar-refractivity contribution is 5.73. The highest BCUT2D eigenvalue weighted by atomic mass is 19.4. The highest BCUT2D eigenvalue weighted by Gasteiger charge is 2.36. The van der Waals surface area contributed by atoms with E-state index in [4.69, 9.17) is 0 Å². The molecule has 0 unspecified atom stereocenters. The van der Waals surface area contributed by atoms with E-state index in [-0.39, 0.29) is 6.61 Å². The fourth-order valence-corrected chi connectivity index (χ4v) is 1.43. The molecule has 1 aromatic heterocycles. The van der Waals surface area contributed by atoms with Crippen LogP contribution in [0.2, 0.25) is 0 Å². The van der Waals surface area contributed by atoms with Gasteiger partial charge in [-0.25, -0.2) is 13.2 Å². The monoisotopic (exact) mass is 317 g/mol. The van der Waals surface area contributed by atoms with Crippen LogP contribution in [0.25, 0.3) is 0 Å². The summed E-state index contributed by atoms with van der Waals surface area (Å²) in [5.41, 5.74) is -2.40. The summed E-state index contributed by atoms with van der Waals surface area (Å²) in [5, 5.41) is 0. The summed E-state index contributed by atoms with van der Waals surface area (Å²) in [4.78, 5) is 14.4. The Morgan fingerprint density at radius 3 is 2.48 bits per heavy atom. The number of esters is 1. The zero-order chi connectivity index (χ0) is 16.2. The first-order valence-corrected chi connectivity index (χ1v) is 5.52. The molecule has 0 bridgehead atoms. The van der Waals surface area contributed by atoms with Gasteiger partial charge in [-0.2, -0.15) is 0 Å². The van der Waals surface area contributed by atoms with Crippen LogP contribution in [0.4, 0.5) is 26.3 Å². The smallest absolute Gasteiger partial charge is 0.466 e. The zero-order valence-electron chi connectivity index (χ0n) is 10.5. The predicted molar refractivity (Wildman–Crippen MR) is 56.2 cm³/mol. The summed E-state index contributed by atoms with van der Waals surface area (Å²) >= 11 is 0. The largest absolute Gasteiger partial charge is 0.573 e. The van der Waals surface area contributed by atoms with Gasteiger partial charge >= 0.3 is 12.3 Å². The molecule has 0 saturated carbocycles. The van der Waals surface area contributed by atoms with Crippen LogP contribution in [-0.2, 0) is 16.0 Å². The van der Waals surface area contributed by atoms with Gasteiger partial charge in [0.15, 0.2) is 11.6 Å². The van der Waals surface area contributed by atoms with E-state index in [9.17, 15) is 31.1 Å². The second-order valence-electron chi connectivity index (χ2n) is 3.63. The molecule has 21 heavy (non-hydrogen) atoms. The lowest BCUT2D eigenvalue weighted by atomic mass is 10.1. The summed E-state index contributed by atoms with van der Waals surface area (Å²) in [6.07, 6.45) is -9.49. The van der Waals surface area contributed by atoms with E-state index >= 15 is 0 Å². The Morgan fingerprint density at radius 2 is 2.00 bits per heavy atom. The molecule has 1 aromatic rings. The van der Waals surface area contributed by atoms with Crippen molar-refractivity contribution in [3.05, 3.63) is 23.3 Å². The van der Waals surface area contributed by atoms with E-state index in [1.54, 1.807) is 0 Å². The minimum atomic E-state index is -5.34. The van der Waals surface area contributed by atoms with Crippen molar-refractivity contribution in [2.24, 2.45) is 0 Å². The molecule has 118 valence electrons. The molecule has 1 rings (SSSR count). The molecule has 1 heterocycles. The van der Waals surface area contributed by atoms with Crippen molar-refractivity contribution in [2.75, 3.05) is 6.61 Å². The average Bonchev–Trinajstić information content (AvgIpc) is 2.30. The third-order valence-corrected chi connectivity index (χ3v) is 2.15. The van der Waals surface area contributed by atoms with Crippen molar-refractivity contribution in [1.82, 2.24) is 4.98 Å². The van der Waals surface area contributed by atoms with Gasteiger partial charge in [0.05, 0.1) is 30.5 Å². The van der Waals surface area contributed by atoms with E-state index < -0.39 is 48.0 Å². The third kappa shape index (κ3) is 4.80. The van der Waals surface area contributed by atoms with E-state index in [1.165, 1.54) is 6.92 Å². The summed E-state index contributed by atoms with van der Waals surface area (Å²) in [6, 6.07) is 0. The zero-order valence-corrected chi connectivity index (χ0v) is 10.5. The first-order chi connectivity index (χ1) is 9.65. The lowest BCUT2D eigenvalue weighted by molar-refractivity contribution is -0.275. The maximum Gasteiger partial charge on any atom is 0.573 e. The summed E-state index contributed by atoms with van der Waals surface area (Å²) in [5.74, 6) is -4.20. The molecule has 0 aliphatic carbocycles. The Kier molecular flexibility index (Phi) is 5.39. The van der Waals surface area contributed by atoms with Crippen molar-refractivity contribution in [3.63, 3.8) is 0 Å². The number of halogens is 6. The fourth-order valence-electron chi connectivity index (χ4n) is 1.43. The standard InChI is InChI=1S/C11H9F6NO3/c1-2-20-7(19)3-6-9(21-11(15,16)17)8(10(13)14)5(12)4-18-6/h4,10H,2-3H2,1H3. The molecule has 0 spiro atoms. The van der Waals surface area contributed by atoms with Crippen molar-refractivity contribution < 1.29 is 40.6 Å². The highest BCUT2D eigenvalue weighted by Crippen LogP contribution is 2.36. The van der Waals surface area contributed by atoms with Gasteiger partial charge < -0.3 is 9.47 Å². The Bertz CT molecular complexity index is 517. The van der Waals surface area contributed by atoms with Crippen molar-refractivity contribution in [3.8, 4) is 5.75 Å². The molecule has 0 aromatic carbocycles. The molecule has 0 N–H and O–H groups in total. The van der Waals surface area contributed by atoms with E-state index in [2.05, 4.69) is 14.5 Å². The molecule has 0 aliphatic rings. The fraction of sp³-hybridized carbons (Fsp3) is 0.455. The van der Waals surface area contributed by atoms with Crippen LogP contribution < -0.4 is 4.74 Å². The predicted octanol–water partition coefficient (Wildman–Crippen LogP) is 3.16. The maximum atomic E-state index is 13.2. The lowest BCUT2D eigenvalue weighted by Crippen LogP contribution is -2.21. The van der Waals surface area contributed by atoms with Crippen LogP contribution in [0, 0.1) is 5.82 Å². The summed E-state index contributed by atoms with van der Waals surface area (Å²) in [7, 11) is 0. The minimum Gasteiger partial charge on any atom is -0.466 e. The Hall–Kier alpha value is -2.00. The topological polar surface area (TPSA) is 48.4 Å². The summed E-state index contributed by atoms with van der Waals surface area (Å²) < 4.78 is 83.2. The molecular formula is C11H9F6NO3. The maximum absolute atomic E-state index is 13.2. The number of alkyl halides is 5. The van der Waals surface area contributed by atoms with E-state index in [0.717, 1.165) is 0 Å². The number of ether oxygens (including phenoxy) is 2. The molecule has 0 aliphatic heterocycles. The van der Waals surface area contributed by atoms with Crippen LogP contribution in [0.1, 0.15) is 24.6 Å². The normalized spacial score (nSPS) is 11.6. The average molecular weight is 317 g/mol. The van der Waals surface area contributed by atoms with Crippen LogP contribution in [0.5, 0.6) is 5.75 Å². The first kappa shape index (κ1) is 17.1. The van der Waals surface area contributed by atoms with E-state index in [1.807, 2.05) is 0 Å². The molecular weight excluding hydrogens is 308 g/mol. The minimum absolute atomic E-state index is 0.0722. The number of nitrogens with zero attached hydrogens (tertiary/aromatic N) is 1. The molecule has 0 saturated heterocycles. The molecule has 4 nitrogen and oxygen atoms in total. The number of pyridine rings is 1. The summed E-state index contributed by atoms with van der Waals surface area (Å²) in [6.45, 7) is 1.37. The molecule has 0 radical (unpaired) electrons. The van der Waals surface area contributed by atoms with E-state index in [0.29, 0.717) is 6.20 Å². The van der Waals surface area contributed by atoms with Gasteiger partial charge in [-0.1, -0.05) is 0 Å². The van der Waals surface area contributed by atoms with Gasteiger partial charge in [0.25, 0.3) is 6.43 Å². The van der Waals surface area contributed by atoms with Gasteiger partial charge in [-0.3, -0.25) is 9.78 Å². The Balaban J connectivity index is 3.29. The second-order valence-corrected chi connectivity index (χ2v) is 3.63. The quantitative estimate of drug-likeness (QED) is 0.618. The van der Waals surface area contributed by atoms with Gasteiger partial charge in [-0.05, 0) is 6.92 Å². The van der Waals surface area contributed by atoms with Crippen molar-refractivity contribution in [1.29, 1.82) is 0 Å². The number of rotatable bonds is 5. The molecule has 0 amide bonds. The number of aromatic nitrogens is 1. The molecule has 0 fully saturated rings. The molecule has 0 atom stereocenters. The van der Waals surface area contributed by atoms with Crippen LogP contribution in [-0.4, -0.2) is 23.9 Å². The van der Waals surface area contributed by atoms with Crippen LogP contribution in [0.15, 0.2) is 6.20 Å². The Labute approximate surface area is 114 Å². The van der Waals surface area contributed by atoms with Crippen molar-refractivity contribution in [2.45, 2.75) is 26.1 Å². The number of hydrogen-bond donors (Lipinski definition) is 0. The van der Waals surface area contributed by atoms with Gasteiger partial charge in [0, 0.05) is 0 Å². The second kappa shape index (κ2) is 6.64. The first-order valence-electron chi connectivity index (χ1n) is 5.52.